The Labute approximate surface area is 297 Å². The van der Waals surface area contributed by atoms with Crippen LogP contribution in [-0.4, -0.2) is 71.4 Å². The monoisotopic (exact) mass is 699 g/mol. The number of esters is 1. The summed E-state index contributed by atoms with van der Waals surface area (Å²) in [5.74, 6) is -1.89. The van der Waals surface area contributed by atoms with Crippen molar-refractivity contribution in [3.8, 4) is 28.7 Å². The zero-order valence-corrected chi connectivity index (χ0v) is 29.4. The van der Waals surface area contributed by atoms with Crippen LogP contribution in [0, 0.1) is 0 Å². The molecule has 1 aliphatic heterocycles. The second-order valence-electron chi connectivity index (χ2n) is 12.6. The Morgan fingerprint density at radius 2 is 1.76 bits per heavy atom. The van der Waals surface area contributed by atoms with E-state index < -0.39 is 23.7 Å². The van der Waals surface area contributed by atoms with E-state index in [2.05, 4.69) is 10.3 Å². The molecule has 0 saturated heterocycles. The molecule has 2 atom stereocenters. The number of carbonyl (C=O) groups excluding carboxylic acids is 3. The summed E-state index contributed by atoms with van der Waals surface area (Å²) in [5, 5.41) is 26.5. The van der Waals surface area contributed by atoms with E-state index in [0.29, 0.717) is 67.9 Å². The van der Waals surface area contributed by atoms with E-state index in [4.69, 9.17) is 18.9 Å². The Hall–Kier alpha value is -5.52. The first kappa shape index (κ1) is 36.8. The highest BCUT2D eigenvalue weighted by Crippen LogP contribution is 2.47. The number of amides is 1. The number of phenols is 2. The number of ketones is 1. The topological polar surface area (TPSA) is 158 Å². The predicted molar refractivity (Wildman–Crippen MR) is 192 cm³/mol. The normalized spacial score (nSPS) is 16.1. The van der Waals surface area contributed by atoms with Gasteiger partial charge in [0.05, 0.1) is 44.8 Å². The van der Waals surface area contributed by atoms with Crippen molar-refractivity contribution in [3.63, 3.8) is 0 Å². The molecule has 12 heteroatoms. The summed E-state index contributed by atoms with van der Waals surface area (Å²) in [4.78, 5) is 44.0. The van der Waals surface area contributed by atoms with Gasteiger partial charge in [-0.25, -0.2) is 9.78 Å². The van der Waals surface area contributed by atoms with Crippen molar-refractivity contribution in [1.82, 2.24) is 14.9 Å². The fourth-order valence-corrected chi connectivity index (χ4v) is 6.47. The Balaban J connectivity index is 1.55. The third-order valence-electron chi connectivity index (χ3n) is 9.08. The molecule has 12 nitrogen and oxygen atoms in total. The summed E-state index contributed by atoms with van der Waals surface area (Å²) in [5.41, 5.74) is 2.30. The molecule has 1 unspecified atom stereocenters. The Bertz CT molecular complexity index is 1890. The minimum absolute atomic E-state index is 0.0384. The summed E-state index contributed by atoms with van der Waals surface area (Å²) >= 11 is 0. The van der Waals surface area contributed by atoms with Gasteiger partial charge in [-0.2, -0.15) is 0 Å². The number of nitrogens with zero attached hydrogens (tertiary/aromatic N) is 2. The number of carbonyl (C=O) groups is 3. The van der Waals surface area contributed by atoms with Crippen LogP contribution >= 0.6 is 0 Å². The molecule has 1 aromatic heterocycles. The number of rotatable bonds is 10. The number of aromatic hydroxyl groups is 2. The SMILES string of the molecule is COc1cc(C(CC(=O)NCCn2cnc3ccccc32)c2c(O)cc3c(c2O)C(=O)O[C@@H](C)CCCC(=O)CCCC=C3)cc(OC)c1OC. The number of Topliss-reactive ketones (excluding diaryl/α,β-unsaturated/α-hetero) is 1. The number of imidazole rings is 1. The molecule has 2 heterocycles. The highest BCUT2D eigenvalue weighted by atomic mass is 16.5. The summed E-state index contributed by atoms with van der Waals surface area (Å²) in [6.07, 6.45) is 7.46. The molecule has 0 aliphatic carbocycles. The molecule has 51 heavy (non-hydrogen) atoms. The maximum Gasteiger partial charge on any atom is 0.342 e. The van der Waals surface area contributed by atoms with Crippen molar-refractivity contribution in [3.05, 3.63) is 77.1 Å². The first-order valence-electron chi connectivity index (χ1n) is 17.1. The number of methoxy groups -OCH3 is 3. The van der Waals surface area contributed by atoms with Crippen molar-refractivity contribution in [1.29, 1.82) is 0 Å². The van der Waals surface area contributed by atoms with Gasteiger partial charge in [-0.3, -0.25) is 9.59 Å². The standard InChI is InChI=1S/C39H45N3O9/c1-24-11-10-14-27(43)13-7-5-6-12-25-19-31(44)36(37(46)35(25)39(47)51-24)28(26-20-32(48-2)38(50-4)33(21-26)49-3)22-34(45)40-17-18-42-23-41-29-15-8-9-16-30(29)42/h6,8-9,12,15-16,19-21,23-24,28,44,46H,5,7,10-11,13-14,17-18,22H2,1-4H3,(H,40,45)/t24-,28?/m0/s1. The number of aromatic nitrogens is 2. The molecule has 1 aliphatic rings. The van der Waals surface area contributed by atoms with E-state index in [1.165, 1.54) is 27.4 Å². The van der Waals surface area contributed by atoms with E-state index in [-0.39, 0.29) is 47.1 Å². The number of benzene rings is 3. The van der Waals surface area contributed by atoms with E-state index in [0.717, 1.165) is 11.0 Å². The van der Waals surface area contributed by atoms with E-state index in [1.807, 2.05) is 28.8 Å². The zero-order valence-electron chi connectivity index (χ0n) is 29.4. The predicted octanol–water partition coefficient (Wildman–Crippen LogP) is 6.29. The van der Waals surface area contributed by atoms with Gasteiger partial charge >= 0.3 is 5.97 Å². The first-order chi connectivity index (χ1) is 24.6. The lowest BCUT2D eigenvalue weighted by Crippen LogP contribution is -2.28. The lowest BCUT2D eigenvalue weighted by Gasteiger charge is -2.24. The lowest BCUT2D eigenvalue weighted by atomic mass is 9.84. The molecule has 4 aromatic rings. The van der Waals surface area contributed by atoms with Crippen molar-refractivity contribution in [2.45, 2.75) is 70.4 Å². The number of phenolic OH excluding ortho intramolecular Hbond substituents is 2. The molecule has 3 N–H and O–H groups in total. The summed E-state index contributed by atoms with van der Waals surface area (Å²) in [7, 11) is 4.39. The maximum atomic E-state index is 13.7. The van der Waals surface area contributed by atoms with Gasteiger partial charge in [0.1, 0.15) is 22.8 Å². The van der Waals surface area contributed by atoms with Crippen LogP contribution in [0.15, 0.2) is 54.9 Å². The fraction of sp³-hybridized carbons (Fsp3) is 0.385. The molecule has 5 rings (SSSR count). The van der Waals surface area contributed by atoms with Gasteiger partial charge in [0, 0.05) is 43.8 Å². The first-order valence-corrected chi connectivity index (χ1v) is 17.1. The van der Waals surface area contributed by atoms with Crippen molar-refractivity contribution >= 4 is 34.8 Å². The van der Waals surface area contributed by atoms with Crippen LogP contribution in [0.5, 0.6) is 28.7 Å². The number of fused-ring (bicyclic) bond motifs is 2. The molecular weight excluding hydrogens is 654 g/mol. The van der Waals surface area contributed by atoms with Gasteiger partial charge in [-0.05, 0) is 74.1 Å². The molecule has 0 spiro atoms. The Morgan fingerprint density at radius 1 is 1.04 bits per heavy atom. The Morgan fingerprint density at radius 3 is 2.49 bits per heavy atom. The maximum absolute atomic E-state index is 13.7. The van der Waals surface area contributed by atoms with Crippen molar-refractivity contribution < 1.29 is 43.5 Å². The smallest absolute Gasteiger partial charge is 0.342 e. The average molecular weight is 700 g/mol. The van der Waals surface area contributed by atoms with Crippen LogP contribution in [0.3, 0.4) is 0 Å². The Kier molecular flexibility index (Phi) is 12.2. The number of allylic oxidation sites excluding steroid dienone is 1. The molecule has 1 amide bonds. The molecule has 3 aromatic carbocycles. The number of ether oxygens (including phenoxy) is 4. The number of nitrogens with one attached hydrogen (secondary N) is 1. The fourth-order valence-electron chi connectivity index (χ4n) is 6.47. The van der Waals surface area contributed by atoms with Crippen LogP contribution in [0.25, 0.3) is 17.1 Å². The number of cyclic esters (lactones) is 1. The van der Waals surface area contributed by atoms with Crippen LogP contribution in [0.4, 0.5) is 0 Å². The van der Waals surface area contributed by atoms with Crippen LogP contribution in [0.1, 0.15) is 84.8 Å². The highest BCUT2D eigenvalue weighted by molar-refractivity contribution is 5.98. The minimum Gasteiger partial charge on any atom is -0.507 e. The van der Waals surface area contributed by atoms with Gasteiger partial charge in [-0.15, -0.1) is 0 Å². The third kappa shape index (κ3) is 8.62. The van der Waals surface area contributed by atoms with Gasteiger partial charge in [-0.1, -0.05) is 24.3 Å². The number of hydrogen-bond donors (Lipinski definition) is 3. The minimum atomic E-state index is -0.980. The molecule has 0 bridgehead atoms. The highest BCUT2D eigenvalue weighted by Gasteiger charge is 2.32. The van der Waals surface area contributed by atoms with Gasteiger partial charge in [0.15, 0.2) is 11.5 Å². The largest absolute Gasteiger partial charge is 0.507 e. The lowest BCUT2D eigenvalue weighted by molar-refractivity contribution is -0.121. The second kappa shape index (κ2) is 16.9. The van der Waals surface area contributed by atoms with Crippen LogP contribution < -0.4 is 19.5 Å². The number of hydrogen-bond acceptors (Lipinski definition) is 10. The molecule has 270 valence electrons. The summed E-state index contributed by atoms with van der Waals surface area (Å²) in [6, 6.07) is 12.4. The van der Waals surface area contributed by atoms with E-state index in [1.54, 1.807) is 37.5 Å². The van der Waals surface area contributed by atoms with E-state index >= 15 is 0 Å². The molecule has 0 saturated carbocycles. The van der Waals surface area contributed by atoms with Crippen LogP contribution in [0.2, 0.25) is 0 Å². The van der Waals surface area contributed by atoms with Gasteiger partial charge in [0.25, 0.3) is 0 Å². The van der Waals surface area contributed by atoms with E-state index in [9.17, 15) is 24.6 Å². The zero-order chi connectivity index (χ0) is 36.5. The van der Waals surface area contributed by atoms with Gasteiger partial charge < -0.3 is 39.0 Å². The number of para-hydroxylation sites is 2. The summed E-state index contributed by atoms with van der Waals surface area (Å²) in [6.45, 7) is 2.47. The van der Waals surface area contributed by atoms with Crippen LogP contribution in [-0.2, 0) is 20.9 Å². The molecule has 0 fully saturated rings. The van der Waals surface area contributed by atoms with Gasteiger partial charge in [0.2, 0.25) is 11.7 Å². The average Bonchev–Trinajstić information content (AvgIpc) is 3.52. The summed E-state index contributed by atoms with van der Waals surface area (Å²) < 4.78 is 24.4. The second-order valence-corrected chi connectivity index (χ2v) is 12.6. The molecule has 0 radical (unpaired) electrons. The quantitative estimate of drug-likeness (QED) is 0.161. The van der Waals surface area contributed by atoms with Crippen molar-refractivity contribution in [2.24, 2.45) is 0 Å². The molecular formula is C39H45N3O9. The third-order valence-corrected chi connectivity index (χ3v) is 9.08. The van der Waals surface area contributed by atoms with Crippen molar-refractivity contribution in [2.75, 3.05) is 27.9 Å².